The summed E-state index contributed by atoms with van der Waals surface area (Å²) in [6.45, 7) is 6.14. The molecule has 246 valence electrons. The molecule has 3 heterocycles. The van der Waals surface area contributed by atoms with Crippen LogP contribution < -0.4 is 20.8 Å². The van der Waals surface area contributed by atoms with Crippen LogP contribution >= 0.6 is 0 Å². The van der Waals surface area contributed by atoms with Crippen molar-refractivity contribution in [2.45, 2.75) is 116 Å². The van der Waals surface area contributed by atoms with Gasteiger partial charge < -0.3 is 25.7 Å². The van der Waals surface area contributed by atoms with Gasteiger partial charge in [-0.05, 0) is 49.7 Å². The summed E-state index contributed by atoms with van der Waals surface area (Å²) in [6.07, 6.45) is 8.07. The molecule has 2 aliphatic heterocycles. The van der Waals surface area contributed by atoms with Crippen molar-refractivity contribution in [3.05, 3.63) is 36.0 Å². The summed E-state index contributed by atoms with van der Waals surface area (Å²) in [5, 5.41) is 9.75. The van der Waals surface area contributed by atoms with E-state index in [0.29, 0.717) is 51.5 Å². The molecule has 2 saturated heterocycles. The lowest BCUT2D eigenvalue weighted by Crippen LogP contribution is -2.64. The minimum absolute atomic E-state index is 0.155. The van der Waals surface area contributed by atoms with E-state index in [9.17, 15) is 24.0 Å². The van der Waals surface area contributed by atoms with Gasteiger partial charge >= 0.3 is 0 Å². The van der Waals surface area contributed by atoms with Gasteiger partial charge in [0.25, 0.3) is 0 Å². The second-order valence-electron chi connectivity index (χ2n) is 12.4. The molecule has 2 aromatic rings. The number of para-hydroxylation sites is 1. The predicted octanol–water partition coefficient (Wildman–Crippen LogP) is 3.07. The van der Waals surface area contributed by atoms with Crippen LogP contribution in [0.4, 0.5) is 0 Å². The molecule has 45 heavy (non-hydrogen) atoms. The molecule has 0 aliphatic carbocycles. The average Bonchev–Trinajstić information content (AvgIpc) is 3.41. The lowest BCUT2D eigenvalue weighted by atomic mass is 9.93. The Hall–Kier alpha value is -3.89. The molecule has 4 unspecified atom stereocenters. The molecule has 2 aliphatic rings. The van der Waals surface area contributed by atoms with E-state index in [0.717, 1.165) is 35.7 Å². The number of carbonyl (C=O) groups is 5. The summed E-state index contributed by atoms with van der Waals surface area (Å²) in [5.41, 5.74) is 1.62. The van der Waals surface area contributed by atoms with Gasteiger partial charge in [0.15, 0.2) is 0 Å². The summed E-state index contributed by atoms with van der Waals surface area (Å²) in [7, 11) is 1.56. The number of hydrogen-bond acceptors (Lipinski definition) is 6. The van der Waals surface area contributed by atoms with Gasteiger partial charge in [-0.2, -0.15) is 4.73 Å². The number of amides is 4. The largest absolute Gasteiger partial charge is 0.417 e. The number of aromatic nitrogens is 1. The predicted molar refractivity (Wildman–Crippen MR) is 171 cm³/mol. The lowest BCUT2D eigenvalue weighted by molar-refractivity contribution is -0.147. The van der Waals surface area contributed by atoms with Crippen LogP contribution in [0.5, 0.6) is 0 Å². The van der Waals surface area contributed by atoms with E-state index in [-0.39, 0.29) is 29.9 Å². The Balaban J connectivity index is 1.66. The fourth-order valence-electron chi connectivity index (χ4n) is 6.38. The van der Waals surface area contributed by atoms with Crippen molar-refractivity contribution in [1.29, 1.82) is 0 Å². The fourth-order valence-corrected chi connectivity index (χ4v) is 6.38. The fraction of sp³-hybridized carbons (Fsp3) is 0.618. The molecule has 0 spiro atoms. The van der Waals surface area contributed by atoms with Crippen molar-refractivity contribution >= 4 is 40.3 Å². The van der Waals surface area contributed by atoms with Crippen LogP contribution in [-0.4, -0.2) is 76.9 Å². The average molecular weight is 624 g/mol. The van der Waals surface area contributed by atoms with Crippen LogP contribution in [0.1, 0.15) is 90.5 Å². The first-order chi connectivity index (χ1) is 21.7. The van der Waals surface area contributed by atoms with Crippen molar-refractivity contribution in [2.75, 3.05) is 13.7 Å². The van der Waals surface area contributed by atoms with E-state index in [1.165, 1.54) is 0 Å². The van der Waals surface area contributed by atoms with E-state index in [1.807, 2.05) is 45.0 Å². The van der Waals surface area contributed by atoms with Crippen molar-refractivity contribution in [3.63, 3.8) is 0 Å². The molecule has 0 bridgehead atoms. The summed E-state index contributed by atoms with van der Waals surface area (Å²) in [5.74, 6) is -1.50. The van der Waals surface area contributed by atoms with Gasteiger partial charge in [0.05, 0.1) is 5.52 Å². The Labute approximate surface area is 265 Å². The maximum absolute atomic E-state index is 14.0. The third kappa shape index (κ3) is 8.23. The Bertz CT molecular complexity index is 1370. The van der Waals surface area contributed by atoms with Gasteiger partial charge in [0.2, 0.25) is 23.6 Å². The minimum Gasteiger partial charge on any atom is -0.417 e. The summed E-state index contributed by atoms with van der Waals surface area (Å²) < 4.78 is 1.62. The zero-order chi connectivity index (χ0) is 32.5. The Morgan fingerprint density at radius 3 is 2.42 bits per heavy atom. The van der Waals surface area contributed by atoms with Gasteiger partial charge in [-0.25, -0.2) is 0 Å². The van der Waals surface area contributed by atoms with Gasteiger partial charge in [-0.15, -0.1) is 0 Å². The molecule has 4 amide bonds. The highest BCUT2D eigenvalue weighted by atomic mass is 16.6. The number of piperidine rings is 1. The highest BCUT2D eigenvalue weighted by Gasteiger charge is 2.40. The number of rotatable bonds is 12. The zero-order valence-electron chi connectivity index (χ0n) is 27.1. The number of fused-ring (bicyclic) bond motifs is 2. The highest BCUT2D eigenvalue weighted by Crippen LogP contribution is 2.24. The van der Waals surface area contributed by atoms with Crippen LogP contribution in [0.15, 0.2) is 30.5 Å². The number of unbranched alkanes of at least 4 members (excludes halogenated alkanes) is 2. The van der Waals surface area contributed by atoms with E-state index in [2.05, 4.69) is 16.0 Å². The first-order valence-corrected chi connectivity index (χ1v) is 16.5. The number of nitrogens with one attached hydrogen (secondary N) is 3. The summed E-state index contributed by atoms with van der Waals surface area (Å²) in [6, 6.07) is 4.20. The zero-order valence-corrected chi connectivity index (χ0v) is 27.1. The van der Waals surface area contributed by atoms with E-state index >= 15 is 0 Å². The van der Waals surface area contributed by atoms with Crippen LogP contribution in [0.3, 0.4) is 0 Å². The maximum Gasteiger partial charge on any atom is 0.246 e. The van der Waals surface area contributed by atoms with Crippen molar-refractivity contribution in [2.24, 2.45) is 5.92 Å². The first-order valence-electron chi connectivity index (χ1n) is 16.5. The Kier molecular flexibility index (Phi) is 12.0. The van der Waals surface area contributed by atoms with Crippen LogP contribution in [0.25, 0.3) is 10.9 Å². The number of benzene rings is 1. The van der Waals surface area contributed by atoms with Crippen molar-refractivity contribution in [1.82, 2.24) is 25.6 Å². The van der Waals surface area contributed by atoms with Gasteiger partial charge in [0.1, 0.15) is 37.1 Å². The standard InChI is InChI=1S/C34H49N5O6/c1-5-22(3)30-34(44)38-19-13-12-18-29(38)33(43)35-26(16-9-7-8-14-24(40)6-2)31(41)36-27(32(42)37-30)20-23-21-39(45-4)28-17-11-10-15-25(23)28/h10-11,15,17,21-22,26-27,29-30H,5-9,12-14,16,18-20H2,1-4H3,(H,35,43)(H,36,41)(H,37,42)/t22?,26?,27?,29-,30?/m0/s1. The van der Waals surface area contributed by atoms with Crippen LogP contribution in [0, 0.1) is 5.92 Å². The number of nitrogens with zero attached hydrogens (tertiary/aromatic N) is 2. The molecule has 2 fully saturated rings. The second kappa shape index (κ2) is 15.9. The molecule has 11 nitrogen and oxygen atoms in total. The monoisotopic (exact) mass is 623 g/mol. The van der Waals surface area contributed by atoms with Gasteiger partial charge in [-0.3, -0.25) is 24.0 Å². The van der Waals surface area contributed by atoms with E-state index < -0.39 is 36.0 Å². The van der Waals surface area contributed by atoms with Crippen LogP contribution in [0.2, 0.25) is 0 Å². The molecule has 4 rings (SSSR count). The third-order valence-corrected chi connectivity index (χ3v) is 9.36. The number of ketones is 1. The number of Topliss-reactive ketones (excluding diaryl/α,β-unsaturated/α-hetero) is 1. The normalized spacial score (nSPS) is 23.7. The summed E-state index contributed by atoms with van der Waals surface area (Å²) >= 11 is 0. The summed E-state index contributed by atoms with van der Waals surface area (Å²) in [4.78, 5) is 74.5. The van der Waals surface area contributed by atoms with Crippen molar-refractivity contribution in [3.8, 4) is 0 Å². The Morgan fingerprint density at radius 2 is 1.69 bits per heavy atom. The molecule has 1 aromatic carbocycles. The first kappa shape index (κ1) is 34.0. The maximum atomic E-state index is 14.0. The highest BCUT2D eigenvalue weighted by molar-refractivity contribution is 5.98. The minimum atomic E-state index is -1.01. The molecule has 1 aromatic heterocycles. The van der Waals surface area contributed by atoms with Gasteiger partial charge in [0, 0.05) is 37.4 Å². The van der Waals surface area contributed by atoms with Crippen LogP contribution in [-0.2, 0) is 30.4 Å². The lowest BCUT2D eigenvalue weighted by Gasteiger charge is -2.39. The molecule has 0 radical (unpaired) electrons. The molecule has 3 N–H and O–H groups in total. The second-order valence-corrected chi connectivity index (χ2v) is 12.4. The number of carbonyl (C=O) groups excluding carboxylic acids is 5. The Morgan fingerprint density at radius 1 is 0.956 bits per heavy atom. The smallest absolute Gasteiger partial charge is 0.246 e. The third-order valence-electron chi connectivity index (χ3n) is 9.36. The SMILES string of the molecule is CCC(=O)CCCCCC1NC(=O)[C@@H]2CCCCN2C(=O)C(C(C)CC)NC(=O)C(Cc2cn(OC)c3ccccc23)NC1=O. The van der Waals surface area contributed by atoms with E-state index in [4.69, 9.17) is 4.84 Å². The quantitative estimate of drug-likeness (QED) is 0.311. The molecule has 0 saturated carbocycles. The topological polar surface area (TPSA) is 139 Å². The molecule has 11 heteroatoms. The molecular formula is C34H49N5O6. The molecule has 5 atom stereocenters. The molecular weight excluding hydrogens is 574 g/mol. The number of hydrogen-bond donors (Lipinski definition) is 3. The van der Waals surface area contributed by atoms with Gasteiger partial charge in [-0.1, -0.05) is 58.2 Å². The van der Waals surface area contributed by atoms with E-state index in [1.54, 1.807) is 22.9 Å². The van der Waals surface area contributed by atoms with Crippen molar-refractivity contribution < 1.29 is 28.8 Å².